The quantitative estimate of drug-likeness (QED) is 0.888. The van der Waals surface area contributed by atoms with Crippen molar-refractivity contribution in [2.24, 2.45) is 17.8 Å². The van der Waals surface area contributed by atoms with Gasteiger partial charge in [0.1, 0.15) is 0 Å². The lowest BCUT2D eigenvalue weighted by atomic mass is 9.84. The highest BCUT2D eigenvalue weighted by Crippen LogP contribution is 2.49. The molecule has 0 saturated heterocycles. The highest BCUT2D eigenvalue weighted by Gasteiger charge is 2.42. The van der Waals surface area contributed by atoms with Crippen LogP contribution in [0.3, 0.4) is 0 Å². The van der Waals surface area contributed by atoms with E-state index in [1.54, 1.807) is 24.5 Å². The molecular formula is C15H20N2O. The van der Waals surface area contributed by atoms with Gasteiger partial charge in [0.15, 0.2) is 0 Å². The van der Waals surface area contributed by atoms with Crippen LogP contribution in [0.5, 0.6) is 0 Å². The molecule has 0 aromatic carbocycles. The normalized spacial score (nSPS) is 31.3. The highest BCUT2D eigenvalue weighted by molar-refractivity contribution is 5.94. The number of rotatable bonds is 3. The molecule has 2 aliphatic rings. The van der Waals surface area contributed by atoms with Gasteiger partial charge in [-0.1, -0.05) is 6.42 Å². The SMILES string of the molecule is C[C@H](NC(=O)c1ccncc1)[C@H]1C[C@H]2CC[C@H]1C2. The first-order chi connectivity index (χ1) is 8.74. The van der Waals surface area contributed by atoms with Gasteiger partial charge in [0.25, 0.3) is 5.91 Å². The van der Waals surface area contributed by atoms with Crippen molar-refractivity contribution in [3.05, 3.63) is 30.1 Å². The topological polar surface area (TPSA) is 42.0 Å². The zero-order valence-electron chi connectivity index (χ0n) is 10.8. The second-order valence-corrected chi connectivity index (χ2v) is 5.84. The maximum atomic E-state index is 12.1. The first-order valence-corrected chi connectivity index (χ1v) is 6.95. The second kappa shape index (κ2) is 4.71. The number of fused-ring (bicyclic) bond motifs is 2. The van der Waals surface area contributed by atoms with Crippen molar-refractivity contribution in [2.45, 2.75) is 38.6 Å². The van der Waals surface area contributed by atoms with Gasteiger partial charge in [-0.3, -0.25) is 9.78 Å². The van der Waals surface area contributed by atoms with Crippen LogP contribution in [0.25, 0.3) is 0 Å². The molecule has 0 spiro atoms. The van der Waals surface area contributed by atoms with Crippen LogP contribution in [0.1, 0.15) is 43.0 Å². The minimum Gasteiger partial charge on any atom is -0.349 e. The van der Waals surface area contributed by atoms with Crippen LogP contribution in [0.2, 0.25) is 0 Å². The van der Waals surface area contributed by atoms with Crippen LogP contribution in [-0.4, -0.2) is 16.9 Å². The average molecular weight is 244 g/mol. The molecule has 1 aromatic heterocycles. The van der Waals surface area contributed by atoms with Crippen molar-refractivity contribution in [3.8, 4) is 0 Å². The molecule has 1 N–H and O–H groups in total. The Morgan fingerprint density at radius 3 is 2.72 bits per heavy atom. The third kappa shape index (κ3) is 2.14. The van der Waals surface area contributed by atoms with Crippen LogP contribution in [0.4, 0.5) is 0 Å². The number of carbonyl (C=O) groups excluding carboxylic acids is 1. The van der Waals surface area contributed by atoms with Gasteiger partial charge in [0, 0.05) is 24.0 Å². The lowest BCUT2D eigenvalue weighted by Gasteiger charge is -2.28. The third-order valence-corrected chi connectivity index (χ3v) is 4.74. The highest BCUT2D eigenvalue weighted by atomic mass is 16.1. The van der Waals surface area contributed by atoms with Gasteiger partial charge >= 0.3 is 0 Å². The van der Waals surface area contributed by atoms with Gasteiger partial charge in [0.05, 0.1) is 0 Å². The largest absolute Gasteiger partial charge is 0.349 e. The minimum absolute atomic E-state index is 0.0349. The standard InChI is InChI=1S/C15H20N2O/c1-10(14-9-11-2-3-13(14)8-11)17-15(18)12-4-6-16-7-5-12/h4-7,10-11,13-14H,2-3,8-9H2,1H3,(H,17,18)/t10-,11-,13-,14+/m0/s1. The Morgan fingerprint density at radius 1 is 1.33 bits per heavy atom. The van der Waals surface area contributed by atoms with Crippen molar-refractivity contribution >= 4 is 5.91 Å². The van der Waals surface area contributed by atoms with E-state index >= 15 is 0 Å². The molecule has 1 amide bonds. The van der Waals surface area contributed by atoms with Gasteiger partial charge in [-0.05, 0) is 56.1 Å². The number of pyridine rings is 1. The molecule has 4 atom stereocenters. The van der Waals surface area contributed by atoms with Gasteiger partial charge in [-0.15, -0.1) is 0 Å². The Hall–Kier alpha value is -1.38. The molecule has 1 heterocycles. The molecule has 3 nitrogen and oxygen atoms in total. The molecular weight excluding hydrogens is 224 g/mol. The van der Waals surface area contributed by atoms with Gasteiger partial charge in [-0.2, -0.15) is 0 Å². The van der Waals surface area contributed by atoms with E-state index in [1.807, 2.05) is 0 Å². The lowest BCUT2D eigenvalue weighted by Crippen LogP contribution is -2.40. The number of hydrogen-bond donors (Lipinski definition) is 1. The summed E-state index contributed by atoms with van der Waals surface area (Å²) in [5.74, 6) is 2.50. The van der Waals surface area contributed by atoms with Crippen molar-refractivity contribution in [1.29, 1.82) is 0 Å². The molecule has 2 bridgehead atoms. The fourth-order valence-corrected chi connectivity index (χ4v) is 3.81. The Morgan fingerprint density at radius 2 is 2.11 bits per heavy atom. The molecule has 0 aliphatic heterocycles. The summed E-state index contributed by atoms with van der Waals surface area (Å²) in [5.41, 5.74) is 0.708. The van der Waals surface area contributed by atoms with Crippen molar-refractivity contribution in [1.82, 2.24) is 10.3 Å². The summed E-state index contributed by atoms with van der Waals surface area (Å²) in [6.45, 7) is 2.16. The molecule has 0 unspecified atom stereocenters. The summed E-state index contributed by atoms with van der Waals surface area (Å²) in [6.07, 6.45) is 8.80. The average Bonchev–Trinajstić information content (AvgIpc) is 3.02. The van der Waals surface area contributed by atoms with Crippen LogP contribution in [0.15, 0.2) is 24.5 Å². The zero-order chi connectivity index (χ0) is 12.5. The predicted octanol–water partition coefficient (Wildman–Crippen LogP) is 2.64. The molecule has 18 heavy (non-hydrogen) atoms. The van der Waals surface area contributed by atoms with E-state index in [1.165, 1.54) is 25.7 Å². The number of amides is 1. The molecule has 1 aromatic rings. The molecule has 2 fully saturated rings. The molecule has 3 rings (SSSR count). The maximum Gasteiger partial charge on any atom is 0.251 e. The Bertz CT molecular complexity index is 431. The molecule has 96 valence electrons. The van der Waals surface area contributed by atoms with E-state index in [4.69, 9.17) is 0 Å². The first kappa shape index (κ1) is 11.7. The fraction of sp³-hybridized carbons (Fsp3) is 0.600. The summed E-state index contributed by atoms with van der Waals surface area (Å²) in [6, 6.07) is 3.83. The van der Waals surface area contributed by atoms with Crippen molar-refractivity contribution in [3.63, 3.8) is 0 Å². The van der Waals surface area contributed by atoms with Crippen LogP contribution in [-0.2, 0) is 0 Å². The smallest absolute Gasteiger partial charge is 0.251 e. The minimum atomic E-state index is 0.0349. The summed E-state index contributed by atoms with van der Waals surface area (Å²) in [4.78, 5) is 16.0. The number of nitrogens with zero attached hydrogens (tertiary/aromatic N) is 1. The lowest BCUT2D eigenvalue weighted by molar-refractivity contribution is 0.0915. The maximum absolute atomic E-state index is 12.1. The monoisotopic (exact) mass is 244 g/mol. The number of carbonyl (C=O) groups is 1. The van der Waals surface area contributed by atoms with Gasteiger partial charge < -0.3 is 5.32 Å². The second-order valence-electron chi connectivity index (χ2n) is 5.84. The Balaban J connectivity index is 1.61. The van der Waals surface area contributed by atoms with Crippen molar-refractivity contribution in [2.75, 3.05) is 0 Å². The van der Waals surface area contributed by atoms with E-state index in [0.29, 0.717) is 17.5 Å². The van der Waals surface area contributed by atoms with E-state index in [2.05, 4.69) is 17.2 Å². The molecule has 3 heteroatoms. The number of aromatic nitrogens is 1. The van der Waals surface area contributed by atoms with Gasteiger partial charge in [0.2, 0.25) is 0 Å². The zero-order valence-corrected chi connectivity index (χ0v) is 10.8. The molecule has 2 saturated carbocycles. The molecule has 0 radical (unpaired) electrons. The van der Waals surface area contributed by atoms with Crippen LogP contribution < -0.4 is 5.32 Å². The number of hydrogen-bond acceptors (Lipinski definition) is 2. The van der Waals surface area contributed by atoms with Crippen molar-refractivity contribution < 1.29 is 4.79 Å². The van der Waals surface area contributed by atoms with E-state index in [9.17, 15) is 4.79 Å². The Labute approximate surface area is 108 Å². The summed E-state index contributed by atoms with van der Waals surface area (Å²) in [7, 11) is 0. The first-order valence-electron chi connectivity index (χ1n) is 6.95. The third-order valence-electron chi connectivity index (χ3n) is 4.74. The summed E-state index contributed by atoms with van der Waals surface area (Å²) < 4.78 is 0. The fourth-order valence-electron chi connectivity index (χ4n) is 3.81. The molecule has 2 aliphatic carbocycles. The predicted molar refractivity (Wildman–Crippen MR) is 70.1 cm³/mol. The van der Waals surface area contributed by atoms with Crippen LogP contribution >= 0.6 is 0 Å². The van der Waals surface area contributed by atoms with E-state index in [0.717, 1.165) is 11.8 Å². The van der Waals surface area contributed by atoms with Gasteiger partial charge in [-0.25, -0.2) is 0 Å². The van der Waals surface area contributed by atoms with Crippen LogP contribution in [0, 0.1) is 17.8 Å². The van der Waals surface area contributed by atoms with E-state index < -0.39 is 0 Å². The Kier molecular flexibility index (Phi) is 3.06. The van der Waals surface area contributed by atoms with E-state index in [-0.39, 0.29) is 5.91 Å². The number of nitrogens with one attached hydrogen (secondary N) is 1. The summed E-state index contributed by atoms with van der Waals surface area (Å²) in [5, 5.41) is 3.16. The summed E-state index contributed by atoms with van der Waals surface area (Å²) >= 11 is 0.